The molecule has 170 valence electrons. The molecule has 0 radical (unpaired) electrons. The van der Waals surface area contributed by atoms with E-state index in [2.05, 4.69) is 5.32 Å². The average molecular weight is 489 g/mol. The van der Waals surface area contributed by atoms with Crippen molar-refractivity contribution in [3.05, 3.63) is 92.5 Å². The normalized spacial score (nSPS) is 10.4. The highest BCUT2D eigenvalue weighted by Crippen LogP contribution is 2.29. The van der Waals surface area contributed by atoms with Crippen LogP contribution in [0.3, 0.4) is 0 Å². The lowest BCUT2D eigenvalue weighted by Gasteiger charge is -2.09. The molecule has 1 N–H and O–H groups in total. The first kappa shape index (κ1) is 24.0. The molecule has 0 bridgehead atoms. The van der Waals surface area contributed by atoms with Gasteiger partial charge in [0.1, 0.15) is 18.1 Å². The lowest BCUT2D eigenvalue weighted by Crippen LogP contribution is -2.14. The van der Waals surface area contributed by atoms with Crippen LogP contribution in [0.4, 0.5) is 11.4 Å². The minimum absolute atomic E-state index is 0.00195. The molecule has 0 aliphatic rings. The van der Waals surface area contributed by atoms with Crippen LogP contribution in [-0.2, 0) is 20.9 Å². The van der Waals surface area contributed by atoms with E-state index in [0.717, 1.165) is 0 Å². The van der Waals surface area contributed by atoms with Gasteiger partial charge in [-0.1, -0.05) is 41.4 Å². The first-order valence-corrected chi connectivity index (χ1v) is 10.5. The van der Waals surface area contributed by atoms with E-state index in [4.69, 9.17) is 32.7 Å². The Labute approximate surface area is 199 Å². The van der Waals surface area contributed by atoms with E-state index in [0.29, 0.717) is 27.8 Å². The summed E-state index contributed by atoms with van der Waals surface area (Å²) in [5.74, 6) is -0.0191. The summed E-state index contributed by atoms with van der Waals surface area (Å²) >= 11 is 11.9. The predicted molar refractivity (Wildman–Crippen MR) is 124 cm³/mol. The molecule has 33 heavy (non-hydrogen) atoms. The van der Waals surface area contributed by atoms with Crippen molar-refractivity contribution in [1.82, 2.24) is 0 Å². The van der Waals surface area contributed by atoms with Crippen molar-refractivity contribution in [1.29, 1.82) is 0 Å². The molecule has 3 aromatic rings. The number of nitrogens with one attached hydrogen (secondary N) is 1. The first-order chi connectivity index (χ1) is 15.8. The summed E-state index contributed by atoms with van der Waals surface area (Å²) in [6.07, 6.45) is -0.187. The third kappa shape index (κ3) is 7.20. The van der Waals surface area contributed by atoms with Gasteiger partial charge in [0.2, 0.25) is 5.91 Å². The van der Waals surface area contributed by atoms with Gasteiger partial charge in [0.15, 0.2) is 0 Å². The maximum absolute atomic E-state index is 12.1. The van der Waals surface area contributed by atoms with Gasteiger partial charge in [-0.25, -0.2) is 0 Å². The smallest absolute Gasteiger partial charge is 0.306 e. The lowest BCUT2D eigenvalue weighted by molar-refractivity contribution is -0.384. The molecule has 0 spiro atoms. The first-order valence-electron chi connectivity index (χ1n) is 9.72. The van der Waals surface area contributed by atoms with E-state index in [1.807, 2.05) is 0 Å². The highest BCUT2D eigenvalue weighted by molar-refractivity contribution is 6.43. The number of rotatable bonds is 9. The number of nitro groups is 1. The zero-order valence-electron chi connectivity index (χ0n) is 17.1. The van der Waals surface area contributed by atoms with Gasteiger partial charge < -0.3 is 14.8 Å². The topological polar surface area (TPSA) is 108 Å². The predicted octanol–water partition coefficient (Wildman–Crippen LogP) is 6.16. The molecule has 3 aromatic carbocycles. The number of carbonyl (C=O) groups is 2. The molecule has 0 unspecified atom stereocenters. The van der Waals surface area contributed by atoms with Gasteiger partial charge >= 0.3 is 5.97 Å². The Kier molecular flexibility index (Phi) is 8.23. The van der Waals surface area contributed by atoms with Crippen LogP contribution in [0.5, 0.6) is 11.5 Å². The zero-order valence-corrected chi connectivity index (χ0v) is 18.6. The largest absolute Gasteiger partial charge is 0.461 e. The van der Waals surface area contributed by atoms with Gasteiger partial charge in [0.25, 0.3) is 5.69 Å². The van der Waals surface area contributed by atoms with Crippen LogP contribution in [0.15, 0.2) is 66.7 Å². The minimum Gasteiger partial charge on any atom is -0.461 e. The van der Waals surface area contributed by atoms with Crippen molar-refractivity contribution in [2.45, 2.75) is 19.4 Å². The summed E-state index contributed by atoms with van der Waals surface area (Å²) < 4.78 is 10.9. The Morgan fingerprint density at radius 2 is 1.67 bits per heavy atom. The van der Waals surface area contributed by atoms with Crippen molar-refractivity contribution in [2.75, 3.05) is 5.32 Å². The maximum atomic E-state index is 12.1. The van der Waals surface area contributed by atoms with Gasteiger partial charge in [-0.05, 0) is 42.0 Å². The van der Waals surface area contributed by atoms with Gasteiger partial charge in [-0.15, -0.1) is 0 Å². The fourth-order valence-corrected chi connectivity index (χ4v) is 3.08. The van der Waals surface area contributed by atoms with Crippen LogP contribution < -0.4 is 10.1 Å². The number of hydrogen-bond acceptors (Lipinski definition) is 6. The Balaban J connectivity index is 1.46. The van der Waals surface area contributed by atoms with Crippen LogP contribution in [-0.4, -0.2) is 16.8 Å². The zero-order chi connectivity index (χ0) is 23.8. The molecule has 10 heteroatoms. The molecule has 3 rings (SSSR count). The number of benzene rings is 3. The summed E-state index contributed by atoms with van der Waals surface area (Å²) in [4.78, 5) is 34.3. The van der Waals surface area contributed by atoms with E-state index in [-0.39, 0.29) is 30.2 Å². The van der Waals surface area contributed by atoms with E-state index in [9.17, 15) is 19.7 Å². The Morgan fingerprint density at radius 3 is 2.39 bits per heavy atom. The number of amides is 1. The van der Waals surface area contributed by atoms with Crippen LogP contribution in [0.2, 0.25) is 10.0 Å². The third-order valence-electron chi connectivity index (χ3n) is 4.36. The molecule has 0 saturated heterocycles. The summed E-state index contributed by atoms with van der Waals surface area (Å²) in [7, 11) is 0. The van der Waals surface area contributed by atoms with Gasteiger partial charge in [-0.3, -0.25) is 19.7 Å². The van der Waals surface area contributed by atoms with E-state index >= 15 is 0 Å². The highest BCUT2D eigenvalue weighted by atomic mass is 35.5. The second-order valence-electron chi connectivity index (χ2n) is 6.81. The number of halogens is 2. The lowest BCUT2D eigenvalue weighted by atomic mass is 10.2. The molecule has 0 aliphatic heterocycles. The fraction of sp³-hybridized carbons (Fsp3) is 0.130. The van der Waals surface area contributed by atoms with Crippen LogP contribution >= 0.6 is 23.2 Å². The average Bonchev–Trinajstić information content (AvgIpc) is 2.80. The number of anilines is 1. The Hall–Kier alpha value is -3.62. The van der Waals surface area contributed by atoms with Crippen LogP contribution in [0, 0.1) is 10.1 Å². The van der Waals surface area contributed by atoms with Crippen LogP contribution in [0.1, 0.15) is 18.4 Å². The monoisotopic (exact) mass is 488 g/mol. The van der Waals surface area contributed by atoms with Gasteiger partial charge in [0, 0.05) is 18.6 Å². The van der Waals surface area contributed by atoms with E-state index in [1.54, 1.807) is 42.5 Å². The molecule has 0 atom stereocenters. The number of carbonyl (C=O) groups excluding carboxylic acids is 2. The Morgan fingerprint density at radius 1 is 0.939 bits per heavy atom. The van der Waals surface area contributed by atoms with Crippen molar-refractivity contribution in [3.63, 3.8) is 0 Å². The van der Waals surface area contributed by atoms with Crippen molar-refractivity contribution in [2.24, 2.45) is 0 Å². The van der Waals surface area contributed by atoms with E-state index in [1.165, 1.54) is 24.3 Å². The number of esters is 1. The molecular weight excluding hydrogens is 471 g/mol. The highest BCUT2D eigenvalue weighted by Gasteiger charge is 2.12. The van der Waals surface area contributed by atoms with Crippen molar-refractivity contribution in [3.8, 4) is 11.5 Å². The SMILES string of the molecule is O=C(CCC(=O)OCc1cccc(Oc2ccc([N+](=O)[O-])cc2)c1)Nc1cccc(Cl)c1Cl. The Bertz CT molecular complexity index is 1170. The molecule has 8 nitrogen and oxygen atoms in total. The molecule has 0 fully saturated rings. The molecule has 0 saturated carbocycles. The molecule has 0 aromatic heterocycles. The number of nitrogens with zero attached hydrogens (tertiary/aromatic N) is 1. The summed E-state index contributed by atoms with van der Waals surface area (Å²) in [5, 5.41) is 13.9. The number of non-ortho nitro benzene ring substituents is 1. The minimum atomic E-state index is -0.538. The standard InChI is InChI=1S/C23H18Cl2N2O6/c24-19-5-2-6-20(23(19)25)26-21(28)11-12-22(29)32-14-15-3-1-4-18(13-15)33-17-9-7-16(8-10-17)27(30)31/h1-10,13H,11-12,14H2,(H,26,28). The fourth-order valence-electron chi connectivity index (χ4n) is 2.74. The summed E-state index contributed by atoms with van der Waals surface area (Å²) in [6, 6.07) is 17.4. The second-order valence-corrected chi connectivity index (χ2v) is 7.60. The maximum Gasteiger partial charge on any atom is 0.306 e. The second kappa shape index (κ2) is 11.3. The molecule has 1 amide bonds. The quantitative estimate of drug-likeness (QED) is 0.219. The number of ether oxygens (including phenoxy) is 2. The van der Waals surface area contributed by atoms with E-state index < -0.39 is 16.8 Å². The van der Waals surface area contributed by atoms with Gasteiger partial charge in [-0.2, -0.15) is 0 Å². The number of nitro benzene ring substituents is 1. The van der Waals surface area contributed by atoms with Crippen LogP contribution in [0.25, 0.3) is 0 Å². The van der Waals surface area contributed by atoms with Gasteiger partial charge in [0.05, 0.1) is 27.1 Å². The summed E-state index contributed by atoms with van der Waals surface area (Å²) in [6.45, 7) is -0.00195. The molecular formula is C23H18Cl2N2O6. The molecule has 0 aliphatic carbocycles. The van der Waals surface area contributed by atoms with Crippen molar-refractivity contribution >= 4 is 46.5 Å². The summed E-state index contributed by atoms with van der Waals surface area (Å²) in [5.41, 5.74) is 1.01. The third-order valence-corrected chi connectivity index (χ3v) is 5.18. The number of hydrogen-bond donors (Lipinski definition) is 1. The van der Waals surface area contributed by atoms with Crippen molar-refractivity contribution < 1.29 is 24.0 Å². The molecule has 0 heterocycles.